The molecule has 114 valence electrons. The topological polar surface area (TPSA) is 74.1 Å². The maximum Gasteiger partial charge on any atom is 0.243 e. The number of hydrogen-bond donors (Lipinski definition) is 0. The van der Waals surface area contributed by atoms with Crippen molar-refractivity contribution in [2.24, 2.45) is 0 Å². The molecular weight excluding hydrogens is 298 g/mol. The van der Waals surface area contributed by atoms with E-state index in [1.807, 2.05) is 24.3 Å². The smallest absolute Gasteiger partial charge is 0.243 e. The lowest BCUT2D eigenvalue weighted by atomic mass is 10.2. The Balaban J connectivity index is 2.15. The third-order valence-electron chi connectivity index (χ3n) is 3.32. The Hall–Kier alpha value is -2.23. The minimum Gasteiger partial charge on any atom is -0.261 e. The van der Waals surface area contributed by atoms with Crippen molar-refractivity contribution in [1.82, 2.24) is 9.29 Å². The van der Waals surface area contributed by atoms with Crippen LogP contribution in [0.4, 0.5) is 0 Å². The number of hydrogen-bond acceptors (Lipinski definition) is 4. The zero-order valence-electron chi connectivity index (χ0n) is 12.3. The molecule has 0 atom stereocenters. The van der Waals surface area contributed by atoms with Crippen LogP contribution in [0.3, 0.4) is 0 Å². The fourth-order valence-corrected chi connectivity index (χ4v) is 3.53. The van der Waals surface area contributed by atoms with Gasteiger partial charge in [-0.15, -0.1) is 0 Å². The Morgan fingerprint density at radius 2 is 1.91 bits per heavy atom. The third-order valence-corrected chi connectivity index (χ3v) is 5.31. The number of sulfonamides is 1. The molecule has 2 aromatic rings. The molecule has 0 spiro atoms. The van der Waals surface area contributed by atoms with E-state index in [0.29, 0.717) is 25.1 Å². The highest BCUT2D eigenvalue weighted by atomic mass is 32.2. The number of nitriles is 1. The second-order valence-corrected chi connectivity index (χ2v) is 6.64. The van der Waals surface area contributed by atoms with Crippen molar-refractivity contribution in [1.29, 1.82) is 5.26 Å². The second kappa shape index (κ2) is 7.16. The number of benzene rings is 1. The Morgan fingerprint density at radius 1 is 1.18 bits per heavy atom. The predicted octanol–water partition coefficient (Wildman–Crippen LogP) is 2.21. The molecule has 2 rings (SSSR count). The number of rotatable bonds is 6. The summed E-state index contributed by atoms with van der Waals surface area (Å²) < 4.78 is 26.6. The van der Waals surface area contributed by atoms with Gasteiger partial charge in [0, 0.05) is 31.4 Å². The highest BCUT2D eigenvalue weighted by molar-refractivity contribution is 7.89. The summed E-state index contributed by atoms with van der Waals surface area (Å²) in [5.74, 6) is 0. The van der Waals surface area contributed by atoms with Crippen LogP contribution in [0.15, 0.2) is 53.6 Å². The highest BCUT2D eigenvalue weighted by Gasteiger charge is 2.22. The van der Waals surface area contributed by atoms with E-state index in [1.54, 1.807) is 13.1 Å². The molecule has 0 fully saturated rings. The number of likely N-dealkylation sites (N-methyl/N-ethyl adjacent to an activating group) is 1. The summed E-state index contributed by atoms with van der Waals surface area (Å²) in [6.45, 7) is 2.56. The molecule has 0 aliphatic heterocycles. The average molecular weight is 315 g/mol. The number of nitrogens with zero attached hydrogens (tertiary/aromatic N) is 3. The summed E-state index contributed by atoms with van der Waals surface area (Å²) in [5, 5.41) is 8.78. The van der Waals surface area contributed by atoms with Crippen molar-refractivity contribution in [3.05, 3.63) is 59.9 Å². The normalized spacial score (nSPS) is 11.3. The van der Waals surface area contributed by atoms with Gasteiger partial charge in [0.15, 0.2) is 0 Å². The summed E-state index contributed by atoms with van der Waals surface area (Å²) in [7, 11) is -3.55. The lowest BCUT2D eigenvalue weighted by Crippen LogP contribution is -2.32. The largest absolute Gasteiger partial charge is 0.261 e. The van der Waals surface area contributed by atoms with E-state index in [2.05, 4.69) is 4.98 Å². The van der Waals surface area contributed by atoms with E-state index in [-0.39, 0.29) is 4.90 Å². The molecule has 5 nitrogen and oxygen atoms in total. The van der Waals surface area contributed by atoms with E-state index >= 15 is 0 Å². The molecule has 0 aliphatic carbocycles. The first-order valence-corrected chi connectivity index (χ1v) is 8.42. The molecule has 0 saturated heterocycles. The molecule has 1 heterocycles. The molecule has 22 heavy (non-hydrogen) atoms. The van der Waals surface area contributed by atoms with Crippen molar-refractivity contribution in [2.45, 2.75) is 18.2 Å². The summed E-state index contributed by atoms with van der Waals surface area (Å²) in [6.07, 6.45) is 2.25. The molecule has 0 saturated carbocycles. The number of aromatic nitrogens is 1. The van der Waals surface area contributed by atoms with Crippen LogP contribution in [0.25, 0.3) is 0 Å². The van der Waals surface area contributed by atoms with Crippen molar-refractivity contribution < 1.29 is 8.42 Å². The summed E-state index contributed by atoms with van der Waals surface area (Å²) in [5.41, 5.74) is 1.30. The summed E-state index contributed by atoms with van der Waals surface area (Å²) in [4.78, 5) is 4.41. The van der Waals surface area contributed by atoms with Gasteiger partial charge in [-0.25, -0.2) is 8.42 Å². The summed E-state index contributed by atoms with van der Waals surface area (Å²) in [6, 6.07) is 13.5. The van der Waals surface area contributed by atoms with E-state index < -0.39 is 10.0 Å². The first-order valence-electron chi connectivity index (χ1n) is 6.98. The molecule has 0 aliphatic rings. The van der Waals surface area contributed by atoms with E-state index in [1.165, 1.54) is 28.6 Å². The maximum absolute atomic E-state index is 12.6. The standard InChI is InChI=1S/C16H17N3O2S/c1-2-19(12-10-15-5-3-4-11-18-15)22(20,21)16-8-6-14(13-17)7-9-16/h3-9,11H,2,10,12H2,1H3. The van der Waals surface area contributed by atoms with Gasteiger partial charge >= 0.3 is 0 Å². The fraction of sp³-hybridized carbons (Fsp3) is 0.250. The van der Waals surface area contributed by atoms with Crippen LogP contribution in [0.5, 0.6) is 0 Å². The van der Waals surface area contributed by atoms with Crippen LogP contribution >= 0.6 is 0 Å². The Labute approximate surface area is 130 Å². The highest BCUT2D eigenvalue weighted by Crippen LogP contribution is 2.16. The van der Waals surface area contributed by atoms with Gasteiger partial charge < -0.3 is 0 Å². The minimum atomic E-state index is -3.55. The van der Waals surface area contributed by atoms with Crippen LogP contribution in [0, 0.1) is 11.3 Å². The second-order valence-electron chi connectivity index (χ2n) is 4.70. The molecule has 0 unspecified atom stereocenters. The van der Waals surface area contributed by atoms with Gasteiger partial charge in [-0.05, 0) is 36.4 Å². The SMILES string of the molecule is CCN(CCc1ccccn1)S(=O)(=O)c1ccc(C#N)cc1. The Kier molecular flexibility index (Phi) is 5.26. The van der Waals surface area contributed by atoms with Crippen molar-refractivity contribution in [3.8, 4) is 6.07 Å². The molecule has 0 radical (unpaired) electrons. The van der Waals surface area contributed by atoms with Crippen LogP contribution in [0.2, 0.25) is 0 Å². The average Bonchev–Trinajstić information content (AvgIpc) is 2.56. The van der Waals surface area contributed by atoms with Crippen molar-refractivity contribution >= 4 is 10.0 Å². The maximum atomic E-state index is 12.6. The van der Waals surface area contributed by atoms with E-state index in [0.717, 1.165) is 5.69 Å². The molecule has 6 heteroatoms. The first kappa shape index (κ1) is 16.1. The molecule has 0 bridgehead atoms. The minimum absolute atomic E-state index is 0.203. The lowest BCUT2D eigenvalue weighted by Gasteiger charge is -2.20. The molecule has 1 aromatic heterocycles. The van der Waals surface area contributed by atoms with Crippen molar-refractivity contribution in [3.63, 3.8) is 0 Å². The van der Waals surface area contributed by atoms with Gasteiger partial charge in [-0.1, -0.05) is 13.0 Å². The number of pyridine rings is 1. The van der Waals surface area contributed by atoms with Gasteiger partial charge in [0.2, 0.25) is 10.0 Å². The van der Waals surface area contributed by atoms with Crippen LogP contribution in [-0.4, -0.2) is 30.8 Å². The Bertz CT molecular complexity index is 750. The predicted molar refractivity (Wildman–Crippen MR) is 83.5 cm³/mol. The monoisotopic (exact) mass is 315 g/mol. The molecule has 0 N–H and O–H groups in total. The zero-order chi connectivity index (χ0) is 16.0. The van der Waals surface area contributed by atoms with E-state index in [9.17, 15) is 8.42 Å². The molecule has 1 aromatic carbocycles. The molecule has 0 amide bonds. The van der Waals surface area contributed by atoms with Gasteiger partial charge in [0.1, 0.15) is 0 Å². The van der Waals surface area contributed by atoms with Gasteiger partial charge in [0.05, 0.1) is 16.5 Å². The third kappa shape index (κ3) is 3.70. The lowest BCUT2D eigenvalue weighted by molar-refractivity contribution is 0.429. The fourth-order valence-electron chi connectivity index (χ4n) is 2.08. The van der Waals surface area contributed by atoms with Crippen LogP contribution in [0.1, 0.15) is 18.2 Å². The zero-order valence-corrected chi connectivity index (χ0v) is 13.1. The van der Waals surface area contributed by atoms with Crippen LogP contribution in [-0.2, 0) is 16.4 Å². The van der Waals surface area contributed by atoms with Gasteiger partial charge in [-0.2, -0.15) is 9.57 Å². The summed E-state index contributed by atoms with van der Waals surface area (Å²) >= 11 is 0. The first-order chi connectivity index (χ1) is 10.6. The molecular formula is C16H17N3O2S. The van der Waals surface area contributed by atoms with Crippen molar-refractivity contribution in [2.75, 3.05) is 13.1 Å². The van der Waals surface area contributed by atoms with Gasteiger partial charge in [-0.3, -0.25) is 4.98 Å². The quantitative estimate of drug-likeness (QED) is 0.819. The Morgan fingerprint density at radius 3 is 2.45 bits per heavy atom. The van der Waals surface area contributed by atoms with Gasteiger partial charge in [0.25, 0.3) is 0 Å². The van der Waals surface area contributed by atoms with Crippen LogP contribution < -0.4 is 0 Å². The van der Waals surface area contributed by atoms with E-state index in [4.69, 9.17) is 5.26 Å².